The van der Waals surface area contributed by atoms with E-state index in [2.05, 4.69) is 26.0 Å². The zero-order valence-corrected chi connectivity index (χ0v) is 14.9. The van der Waals surface area contributed by atoms with Gasteiger partial charge in [-0.05, 0) is 43.5 Å². The minimum Gasteiger partial charge on any atom is -0.252 e. The van der Waals surface area contributed by atoms with E-state index in [1.165, 1.54) is 25.7 Å². The molecule has 2 rings (SSSR count). The number of unbranched alkanes of at least 4 members (excludes halogenated alkanes) is 3. The van der Waals surface area contributed by atoms with Crippen LogP contribution in [0.4, 0.5) is 11.4 Å². The van der Waals surface area contributed by atoms with Gasteiger partial charge in [-0.15, -0.1) is 0 Å². The molecule has 0 unspecified atom stereocenters. The van der Waals surface area contributed by atoms with Gasteiger partial charge in [0.1, 0.15) is 0 Å². The first kappa shape index (κ1) is 18.1. The molecule has 0 amide bonds. The van der Waals surface area contributed by atoms with E-state index in [1.807, 2.05) is 48.5 Å². The third kappa shape index (κ3) is 6.11. The van der Waals surface area contributed by atoms with Gasteiger partial charge in [-0.25, -0.2) is 0 Å². The topological polar surface area (TPSA) is 24.7 Å². The summed E-state index contributed by atoms with van der Waals surface area (Å²) in [6.45, 7) is 4.40. The van der Waals surface area contributed by atoms with Crippen LogP contribution in [0.25, 0.3) is 0 Å². The van der Waals surface area contributed by atoms with Crippen molar-refractivity contribution in [2.45, 2.75) is 52.4 Å². The summed E-state index contributed by atoms with van der Waals surface area (Å²) in [6, 6.07) is 20.4. The summed E-state index contributed by atoms with van der Waals surface area (Å²) in [5.41, 5.74) is 4.24. The summed E-state index contributed by atoms with van der Waals surface area (Å²) >= 11 is 0. The van der Waals surface area contributed by atoms with Crippen molar-refractivity contribution < 1.29 is 0 Å². The molecular weight excluding hydrogens is 292 g/mol. The summed E-state index contributed by atoms with van der Waals surface area (Å²) in [4.78, 5) is 9.77. The number of para-hydroxylation sites is 2. The number of aliphatic imine (C=N–C) groups is 2. The van der Waals surface area contributed by atoms with Gasteiger partial charge in [-0.2, -0.15) is 0 Å². The van der Waals surface area contributed by atoms with Gasteiger partial charge in [0.05, 0.1) is 22.8 Å². The lowest BCUT2D eigenvalue weighted by molar-refractivity contribution is 0.684. The fourth-order valence-electron chi connectivity index (χ4n) is 2.65. The number of hydrogen-bond acceptors (Lipinski definition) is 2. The van der Waals surface area contributed by atoms with Gasteiger partial charge in [-0.1, -0.05) is 69.5 Å². The summed E-state index contributed by atoms with van der Waals surface area (Å²) < 4.78 is 0. The maximum atomic E-state index is 4.91. The van der Waals surface area contributed by atoms with Crippen molar-refractivity contribution in [3.05, 3.63) is 60.7 Å². The molecule has 0 bridgehead atoms. The molecule has 0 aliphatic rings. The normalized spacial score (nSPS) is 12.4. The molecule has 0 saturated carbocycles. The Morgan fingerprint density at radius 3 is 1.71 bits per heavy atom. The average Bonchev–Trinajstić information content (AvgIpc) is 2.64. The van der Waals surface area contributed by atoms with Crippen LogP contribution in [0.1, 0.15) is 52.4 Å². The molecule has 0 atom stereocenters. The van der Waals surface area contributed by atoms with Crippen LogP contribution in [0.5, 0.6) is 0 Å². The first-order valence-corrected chi connectivity index (χ1v) is 9.09. The van der Waals surface area contributed by atoms with Crippen LogP contribution < -0.4 is 0 Å². The summed E-state index contributed by atoms with van der Waals surface area (Å²) in [5, 5.41) is 0. The van der Waals surface area contributed by atoms with Crippen molar-refractivity contribution in [1.82, 2.24) is 0 Å². The Balaban J connectivity index is 2.25. The second kappa shape index (κ2) is 10.5. The average molecular weight is 320 g/mol. The van der Waals surface area contributed by atoms with Crippen LogP contribution in [-0.4, -0.2) is 11.4 Å². The first-order valence-electron chi connectivity index (χ1n) is 9.09. The van der Waals surface area contributed by atoms with Gasteiger partial charge in [-0.3, -0.25) is 9.98 Å². The third-order valence-corrected chi connectivity index (χ3v) is 3.98. The van der Waals surface area contributed by atoms with E-state index >= 15 is 0 Å². The molecule has 0 saturated heterocycles. The van der Waals surface area contributed by atoms with E-state index in [4.69, 9.17) is 9.98 Å². The van der Waals surface area contributed by atoms with E-state index in [1.54, 1.807) is 0 Å². The molecular formula is C22H28N2. The molecule has 2 aromatic carbocycles. The Labute approximate surface area is 146 Å². The Kier molecular flexibility index (Phi) is 7.96. The molecule has 2 aromatic rings. The molecule has 2 nitrogen and oxygen atoms in total. The van der Waals surface area contributed by atoms with Crippen molar-refractivity contribution in [2.75, 3.05) is 0 Å². The molecule has 2 heteroatoms. The molecule has 0 heterocycles. The Morgan fingerprint density at radius 2 is 1.21 bits per heavy atom. The van der Waals surface area contributed by atoms with Crippen molar-refractivity contribution in [3.8, 4) is 0 Å². The molecule has 24 heavy (non-hydrogen) atoms. The largest absolute Gasteiger partial charge is 0.252 e. The SMILES string of the molecule is CCCCCCC(=Nc1ccccc1)C(CC)=Nc1ccccc1. The minimum atomic E-state index is 0.897. The van der Waals surface area contributed by atoms with Gasteiger partial charge in [0.25, 0.3) is 0 Å². The van der Waals surface area contributed by atoms with Crippen molar-refractivity contribution in [3.63, 3.8) is 0 Å². The maximum absolute atomic E-state index is 4.91. The molecule has 126 valence electrons. The highest BCUT2D eigenvalue weighted by Crippen LogP contribution is 2.17. The number of rotatable bonds is 9. The lowest BCUT2D eigenvalue weighted by Crippen LogP contribution is -2.13. The van der Waals surface area contributed by atoms with Crippen molar-refractivity contribution in [1.29, 1.82) is 0 Å². The number of benzene rings is 2. The monoisotopic (exact) mass is 320 g/mol. The molecule has 0 radical (unpaired) electrons. The van der Waals surface area contributed by atoms with Gasteiger partial charge in [0, 0.05) is 0 Å². The van der Waals surface area contributed by atoms with Gasteiger partial charge in [0.2, 0.25) is 0 Å². The Morgan fingerprint density at radius 1 is 0.667 bits per heavy atom. The first-order chi connectivity index (χ1) is 11.8. The van der Waals surface area contributed by atoms with Crippen LogP contribution in [-0.2, 0) is 0 Å². The lowest BCUT2D eigenvalue weighted by atomic mass is 10.0. The molecule has 0 aliphatic carbocycles. The third-order valence-electron chi connectivity index (χ3n) is 3.98. The van der Waals surface area contributed by atoms with E-state index in [9.17, 15) is 0 Å². The standard InChI is InChI=1S/C22H28N2/c1-3-5-6-13-18-22(24-20-16-11-8-12-17-20)21(4-2)23-19-14-9-7-10-15-19/h7-12,14-17H,3-6,13,18H2,1-2H3. The quantitative estimate of drug-likeness (QED) is 0.354. The molecule has 0 fully saturated rings. The minimum absolute atomic E-state index is 0.897. The van der Waals surface area contributed by atoms with Gasteiger partial charge < -0.3 is 0 Å². The fourth-order valence-corrected chi connectivity index (χ4v) is 2.65. The van der Waals surface area contributed by atoms with Gasteiger partial charge in [0.15, 0.2) is 0 Å². The van der Waals surface area contributed by atoms with E-state index in [0.29, 0.717) is 0 Å². The smallest absolute Gasteiger partial charge is 0.0633 e. The summed E-state index contributed by atoms with van der Waals surface area (Å²) in [5.74, 6) is 0. The van der Waals surface area contributed by atoms with Crippen LogP contribution >= 0.6 is 0 Å². The highest BCUT2D eigenvalue weighted by molar-refractivity contribution is 6.43. The highest BCUT2D eigenvalue weighted by Gasteiger charge is 2.08. The summed E-state index contributed by atoms with van der Waals surface area (Å²) in [6.07, 6.45) is 6.86. The second-order valence-electron chi connectivity index (χ2n) is 5.95. The van der Waals surface area contributed by atoms with Crippen LogP contribution in [0.2, 0.25) is 0 Å². The predicted molar refractivity (Wildman–Crippen MR) is 106 cm³/mol. The summed E-state index contributed by atoms with van der Waals surface area (Å²) in [7, 11) is 0. The molecule has 0 spiro atoms. The van der Waals surface area contributed by atoms with E-state index in [0.717, 1.165) is 35.6 Å². The Hall–Kier alpha value is -2.22. The molecule has 0 N–H and O–H groups in total. The van der Waals surface area contributed by atoms with Crippen LogP contribution in [0.3, 0.4) is 0 Å². The zero-order chi connectivity index (χ0) is 17.0. The maximum Gasteiger partial charge on any atom is 0.0633 e. The van der Waals surface area contributed by atoms with Gasteiger partial charge >= 0.3 is 0 Å². The fraction of sp³-hybridized carbons (Fsp3) is 0.364. The van der Waals surface area contributed by atoms with Crippen LogP contribution in [0, 0.1) is 0 Å². The molecule has 0 aliphatic heterocycles. The lowest BCUT2D eigenvalue weighted by Gasteiger charge is -2.09. The second-order valence-corrected chi connectivity index (χ2v) is 5.95. The van der Waals surface area contributed by atoms with Crippen molar-refractivity contribution >= 4 is 22.8 Å². The van der Waals surface area contributed by atoms with Crippen LogP contribution in [0.15, 0.2) is 70.6 Å². The number of hydrogen-bond donors (Lipinski definition) is 0. The number of nitrogens with zero attached hydrogens (tertiary/aromatic N) is 2. The molecule has 0 aromatic heterocycles. The highest BCUT2D eigenvalue weighted by atomic mass is 14.8. The Bertz CT molecular complexity index is 642. The predicted octanol–water partition coefficient (Wildman–Crippen LogP) is 6.91. The van der Waals surface area contributed by atoms with E-state index < -0.39 is 0 Å². The van der Waals surface area contributed by atoms with E-state index in [-0.39, 0.29) is 0 Å². The zero-order valence-electron chi connectivity index (χ0n) is 14.9. The van der Waals surface area contributed by atoms with Crippen molar-refractivity contribution in [2.24, 2.45) is 9.98 Å².